The van der Waals surface area contributed by atoms with Crippen molar-refractivity contribution in [3.63, 3.8) is 0 Å². The van der Waals surface area contributed by atoms with E-state index in [1.54, 1.807) is 7.11 Å². The van der Waals surface area contributed by atoms with Gasteiger partial charge in [-0.05, 0) is 67.2 Å². The molecule has 0 bridgehead atoms. The molecule has 2 unspecified atom stereocenters. The number of hydrogen-bond donors (Lipinski definition) is 2. The molecule has 2 amide bonds. The Morgan fingerprint density at radius 1 is 0.968 bits per heavy atom. The second kappa shape index (κ2) is 12.2. The highest BCUT2D eigenvalue weighted by Gasteiger charge is 2.38. The normalized spacial score (nSPS) is 15.8. The number of methoxy groups -OCH3 is 1. The van der Waals surface area contributed by atoms with Gasteiger partial charge < -0.3 is 20.1 Å². The molecule has 0 aliphatic rings. The highest BCUT2D eigenvalue weighted by Crippen LogP contribution is 2.34. The van der Waals surface area contributed by atoms with E-state index in [1.165, 1.54) is 0 Å². The van der Waals surface area contributed by atoms with E-state index in [-0.39, 0.29) is 35.7 Å². The van der Waals surface area contributed by atoms with Crippen LogP contribution in [0.4, 0.5) is 0 Å². The van der Waals surface area contributed by atoms with E-state index in [0.29, 0.717) is 12.8 Å². The van der Waals surface area contributed by atoms with Crippen molar-refractivity contribution in [1.29, 1.82) is 0 Å². The monoisotopic (exact) mass is 442 g/mol. The molecule has 0 aromatic heterocycles. The van der Waals surface area contributed by atoms with E-state index >= 15 is 0 Å². The molecule has 6 nitrogen and oxygen atoms in total. The first-order valence-corrected chi connectivity index (χ1v) is 11.8. The van der Waals surface area contributed by atoms with Crippen molar-refractivity contribution in [2.45, 2.75) is 131 Å². The minimum atomic E-state index is -0.650. The van der Waals surface area contributed by atoms with Gasteiger partial charge >= 0.3 is 0 Å². The molecule has 0 spiro atoms. The van der Waals surface area contributed by atoms with Crippen molar-refractivity contribution < 1.29 is 19.1 Å². The van der Waals surface area contributed by atoms with E-state index in [1.807, 2.05) is 41.5 Å². The minimum absolute atomic E-state index is 0.0459. The number of amides is 2. The second-order valence-corrected chi connectivity index (χ2v) is 11.2. The highest BCUT2D eigenvalue weighted by atomic mass is 16.5. The molecule has 2 atom stereocenters. The van der Waals surface area contributed by atoms with Crippen LogP contribution >= 0.6 is 0 Å². The lowest BCUT2D eigenvalue weighted by Crippen LogP contribution is -2.52. The van der Waals surface area contributed by atoms with Gasteiger partial charge in [0.15, 0.2) is 0 Å². The first kappa shape index (κ1) is 29.9. The number of ether oxygens (including phenoxy) is 2. The molecular weight excluding hydrogens is 392 g/mol. The van der Waals surface area contributed by atoms with Crippen LogP contribution in [0.5, 0.6) is 0 Å². The minimum Gasteiger partial charge on any atom is -0.379 e. The molecule has 2 N–H and O–H groups in total. The lowest BCUT2D eigenvalue weighted by atomic mass is 9.78. The van der Waals surface area contributed by atoms with Gasteiger partial charge in [-0.3, -0.25) is 9.59 Å². The Labute approximate surface area is 191 Å². The first-order valence-electron chi connectivity index (χ1n) is 11.8. The lowest BCUT2D eigenvalue weighted by Gasteiger charge is -2.38. The van der Waals surface area contributed by atoms with E-state index in [4.69, 9.17) is 9.47 Å². The smallest absolute Gasteiger partial charge is 0.239 e. The maximum atomic E-state index is 12.9. The van der Waals surface area contributed by atoms with Crippen molar-refractivity contribution in [3.05, 3.63) is 0 Å². The molecule has 0 aromatic rings. The first-order chi connectivity index (χ1) is 14.0. The maximum Gasteiger partial charge on any atom is 0.239 e. The van der Waals surface area contributed by atoms with Gasteiger partial charge in [0.05, 0.1) is 23.9 Å². The Balaban J connectivity index is 4.85. The summed E-state index contributed by atoms with van der Waals surface area (Å²) >= 11 is 0. The van der Waals surface area contributed by atoms with Crippen LogP contribution in [0.1, 0.15) is 108 Å². The number of unbranched alkanes of at least 4 members (excludes halogenated alkanes) is 1. The Morgan fingerprint density at radius 2 is 1.55 bits per heavy atom. The van der Waals surface area contributed by atoms with E-state index in [9.17, 15) is 9.59 Å². The fourth-order valence-electron chi connectivity index (χ4n) is 4.30. The van der Waals surface area contributed by atoms with Crippen molar-refractivity contribution >= 4 is 11.8 Å². The van der Waals surface area contributed by atoms with Gasteiger partial charge in [0.2, 0.25) is 11.8 Å². The predicted molar refractivity (Wildman–Crippen MR) is 128 cm³/mol. The molecular formula is C25H50N2O4. The summed E-state index contributed by atoms with van der Waals surface area (Å²) in [5.74, 6) is -0.342. The summed E-state index contributed by atoms with van der Waals surface area (Å²) in [6.07, 6.45) is 5.54. The van der Waals surface area contributed by atoms with E-state index in [2.05, 4.69) is 38.3 Å². The molecule has 0 aromatic carbocycles. The summed E-state index contributed by atoms with van der Waals surface area (Å²) in [4.78, 5) is 25.4. The molecule has 0 aliphatic heterocycles. The van der Waals surface area contributed by atoms with Crippen LogP contribution in [-0.4, -0.2) is 48.3 Å². The third kappa shape index (κ3) is 11.9. The molecule has 0 heterocycles. The van der Waals surface area contributed by atoms with Crippen molar-refractivity contribution in [1.82, 2.24) is 10.6 Å². The number of rotatable bonds is 15. The van der Waals surface area contributed by atoms with Gasteiger partial charge in [0.1, 0.15) is 0 Å². The molecule has 0 radical (unpaired) electrons. The topological polar surface area (TPSA) is 76.7 Å². The number of hydrogen-bond acceptors (Lipinski definition) is 4. The summed E-state index contributed by atoms with van der Waals surface area (Å²) < 4.78 is 11.8. The van der Waals surface area contributed by atoms with Crippen LogP contribution in [0, 0.1) is 5.41 Å². The van der Waals surface area contributed by atoms with Crippen LogP contribution in [0.3, 0.4) is 0 Å². The molecule has 0 saturated heterocycles. The summed E-state index contributed by atoms with van der Waals surface area (Å²) in [5, 5.41) is 5.82. The third-order valence-corrected chi connectivity index (χ3v) is 5.94. The molecule has 6 heteroatoms. The average molecular weight is 443 g/mol. The fraction of sp³-hybridized carbons (Fsp3) is 0.920. The maximum absolute atomic E-state index is 12.9. The zero-order valence-electron chi connectivity index (χ0n) is 22.2. The second-order valence-electron chi connectivity index (χ2n) is 11.2. The number of carbonyl (C=O) groups excluding carboxylic acids is 2. The molecule has 0 rings (SSSR count). The standard InChI is InChI=1S/C25H50N2O4/c1-12-14-15-19(3)31-25(10,13-2)17-22(4,5)21(29)26-16-20(28)27-23(6,7)18-24(8,9)30-11/h19H,12-18H2,1-11H3,(H,26,29)(H,27,28). The van der Waals surface area contributed by atoms with Crippen LogP contribution in [-0.2, 0) is 19.1 Å². The Kier molecular flexibility index (Phi) is 11.7. The molecule has 184 valence electrons. The fourth-order valence-corrected chi connectivity index (χ4v) is 4.30. The summed E-state index contributed by atoms with van der Waals surface area (Å²) in [6, 6.07) is 0. The zero-order valence-corrected chi connectivity index (χ0v) is 22.2. The quantitative estimate of drug-likeness (QED) is 0.374. The Hall–Kier alpha value is -1.14. The SMILES string of the molecule is CCCCC(C)OC(C)(CC)CC(C)(C)C(=O)NCC(=O)NC(C)(C)CC(C)(C)OC. The van der Waals surface area contributed by atoms with Gasteiger partial charge in [-0.2, -0.15) is 0 Å². The van der Waals surface area contributed by atoms with Crippen LogP contribution < -0.4 is 10.6 Å². The van der Waals surface area contributed by atoms with Crippen molar-refractivity contribution in [2.24, 2.45) is 5.41 Å². The van der Waals surface area contributed by atoms with Gasteiger partial charge in [0.25, 0.3) is 0 Å². The summed E-state index contributed by atoms with van der Waals surface area (Å²) in [5.41, 5.74) is -1.83. The van der Waals surface area contributed by atoms with Crippen LogP contribution in [0.25, 0.3) is 0 Å². The lowest BCUT2D eigenvalue weighted by molar-refractivity contribution is -0.140. The van der Waals surface area contributed by atoms with E-state index in [0.717, 1.165) is 25.7 Å². The third-order valence-electron chi connectivity index (χ3n) is 5.94. The largest absolute Gasteiger partial charge is 0.379 e. The van der Waals surface area contributed by atoms with Gasteiger partial charge in [-0.25, -0.2) is 0 Å². The van der Waals surface area contributed by atoms with Crippen molar-refractivity contribution in [3.8, 4) is 0 Å². The Bertz CT molecular complexity index is 572. The molecule has 0 aliphatic carbocycles. The van der Waals surface area contributed by atoms with Crippen molar-refractivity contribution in [2.75, 3.05) is 13.7 Å². The Morgan fingerprint density at radius 3 is 2.03 bits per heavy atom. The van der Waals surface area contributed by atoms with Crippen LogP contribution in [0.2, 0.25) is 0 Å². The molecule has 0 fully saturated rings. The van der Waals surface area contributed by atoms with Gasteiger partial charge in [-0.15, -0.1) is 0 Å². The zero-order chi connectivity index (χ0) is 24.5. The van der Waals surface area contributed by atoms with Gasteiger partial charge in [-0.1, -0.05) is 40.5 Å². The van der Waals surface area contributed by atoms with Crippen LogP contribution in [0.15, 0.2) is 0 Å². The van der Waals surface area contributed by atoms with Gasteiger partial charge in [0, 0.05) is 18.1 Å². The predicted octanol–water partition coefficient (Wildman–Crippen LogP) is 4.99. The summed E-state index contributed by atoms with van der Waals surface area (Å²) in [7, 11) is 1.67. The molecule has 0 saturated carbocycles. The summed E-state index contributed by atoms with van der Waals surface area (Å²) in [6.45, 7) is 20.1. The average Bonchev–Trinajstić information content (AvgIpc) is 2.62. The number of nitrogens with one attached hydrogen (secondary N) is 2. The molecule has 31 heavy (non-hydrogen) atoms. The number of carbonyl (C=O) groups is 2. The highest BCUT2D eigenvalue weighted by molar-refractivity contribution is 5.87. The van der Waals surface area contributed by atoms with E-state index < -0.39 is 11.0 Å².